The molecule has 3 rings (SSSR count). The van der Waals surface area contributed by atoms with Crippen LogP contribution in [0.5, 0.6) is 5.75 Å². The number of carbonyl (C=O) groups is 1. The number of thioether (sulfide) groups is 1. The molecule has 6 heteroatoms. The summed E-state index contributed by atoms with van der Waals surface area (Å²) in [6, 6.07) is 3.67. The molecule has 2 fully saturated rings. The van der Waals surface area contributed by atoms with Crippen molar-refractivity contribution in [3.05, 3.63) is 24.0 Å². The second kappa shape index (κ2) is 15.9. The Morgan fingerprint density at radius 3 is 2.06 bits per heavy atom. The monoisotopic (exact) mass is 526 g/mol. The lowest BCUT2D eigenvalue weighted by atomic mass is 9.68. The maximum atomic E-state index is 14.0. The van der Waals surface area contributed by atoms with E-state index in [1.165, 1.54) is 95.6 Å². The third-order valence-electron chi connectivity index (χ3n) is 8.47. The van der Waals surface area contributed by atoms with Crippen LogP contribution in [-0.4, -0.2) is 11.7 Å². The zero-order valence-corrected chi connectivity index (χ0v) is 22.8. The number of carbonyl (C=O) groups excluding carboxylic acids is 1. The minimum absolute atomic E-state index is 0.0908. The summed E-state index contributed by atoms with van der Waals surface area (Å²) in [5, 5.41) is 0. The van der Waals surface area contributed by atoms with Crippen molar-refractivity contribution < 1.29 is 22.7 Å². The fraction of sp³-hybridized carbons (Fsp3) is 0.767. The SMILES string of the molecule is CCCCCCCCCC[C@H]1CC[C@H]([C@H]2CC[C@H](C(=O)Oc3ccc(SC(F)F)c(F)c3)CC2)CC1. The minimum Gasteiger partial charge on any atom is -0.426 e. The summed E-state index contributed by atoms with van der Waals surface area (Å²) >= 11 is 0.154. The number of ether oxygens (including phenoxy) is 1. The molecule has 1 aromatic rings. The average molecular weight is 527 g/mol. The first-order valence-corrected chi connectivity index (χ1v) is 15.3. The van der Waals surface area contributed by atoms with E-state index in [-0.39, 0.29) is 34.3 Å². The van der Waals surface area contributed by atoms with Crippen molar-refractivity contribution in [1.29, 1.82) is 0 Å². The van der Waals surface area contributed by atoms with Gasteiger partial charge in [0.1, 0.15) is 11.6 Å². The third-order valence-corrected chi connectivity index (χ3v) is 9.23. The van der Waals surface area contributed by atoms with Gasteiger partial charge in [0.2, 0.25) is 0 Å². The maximum absolute atomic E-state index is 14.0. The van der Waals surface area contributed by atoms with Crippen LogP contribution in [0, 0.1) is 29.5 Å². The van der Waals surface area contributed by atoms with Crippen LogP contribution in [0.2, 0.25) is 0 Å². The largest absolute Gasteiger partial charge is 0.426 e. The Balaban J connectivity index is 1.29. The molecule has 0 aromatic heterocycles. The van der Waals surface area contributed by atoms with Crippen LogP contribution < -0.4 is 4.74 Å². The van der Waals surface area contributed by atoms with E-state index in [0.717, 1.165) is 43.6 Å². The Morgan fingerprint density at radius 2 is 1.47 bits per heavy atom. The van der Waals surface area contributed by atoms with Gasteiger partial charge in [-0.25, -0.2) is 4.39 Å². The van der Waals surface area contributed by atoms with Gasteiger partial charge in [-0.05, 0) is 68.4 Å². The van der Waals surface area contributed by atoms with Gasteiger partial charge in [-0.15, -0.1) is 0 Å². The van der Waals surface area contributed by atoms with E-state index in [4.69, 9.17) is 4.74 Å². The van der Waals surface area contributed by atoms with Gasteiger partial charge in [0.15, 0.2) is 0 Å². The number of esters is 1. The van der Waals surface area contributed by atoms with Crippen molar-refractivity contribution in [2.75, 3.05) is 0 Å². The summed E-state index contributed by atoms with van der Waals surface area (Å²) in [5.41, 5.74) is 0. The molecular weight excluding hydrogens is 481 g/mol. The molecule has 2 saturated carbocycles. The van der Waals surface area contributed by atoms with Gasteiger partial charge in [0, 0.05) is 11.0 Å². The molecule has 1 aromatic carbocycles. The number of hydrogen-bond acceptors (Lipinski definition) is 3. The van der Waals surface area contributed by atoms with Crippen molar-refractivity contribution in [2.24, 2.45) is 23.7 Å². The normalized spacial score (nSPS) is 24.7. The lowest BCUT2D eigenvalue weighted by Gasteiger charge is -2.37. The van der Waals surface area contributed by atoms with E-state index < -0.39 is 11.6 Å². The van der Waals surface area contributed by atoms with Crippen molar-refractivity contribution in [1.82, 2.24) is 0 Å². The number of rotatable bonds is 14. The van der Waals surface area contributed by atoms with Crippen molar-refractivity contribution in [2.45, 2.75) is 127 Å². The number of hydrogen-bond donors (Lipinski definition) is 0. The molecule has 0 N–H and O–H groups in total. The van der Waals surface area contributed by atoms with E-state index in [2.05, 4.69) is 6.92 Å². The Labute approximate surface area is 220 Å². The van der Waals surface area contributed by atoms with Crippen LogP contribution >= 0.6 is 11.8 Å². The molecule has 2 aliphatic rings. The predicted molar refractivity (Wildman–Crippen MR) is 142 cm³/mol. The van der Waals surface area contributed by atoms with Crippen LogP contribution in [0.15, 0.2) is 23.1 Å². The highest BCUT2D eigenvalue weighted by molar-refractivity contribution is 7.99. The minimum atomic E-state index is -2.69. The van der Waals surface area contributed by atoms with E-state index >= 15 is 0 Å². The fourth-order valence-electron chi connectivity index (χ4n) is 6.28. The number of alkyl halides is 2. The lowest BCUT2D eigenvalue weighted by Crippen LogP contribution is -2.30. The van der Waals surface area contributed by atoms with Gasteiger partial charge >= 0.3 is 5.97 Å². The molecule has 0 bridgehead atoms. The quantitative estimate of drug-likeness (QED) is 0.104. The molecule has 0 unspecified atom stereocenters. The fourth-order valence-corrected chi connectivity index (χ4v) is 6.79. The Bertz CT molecular complexity index is 771. The summed E-state index contributed by atoms with van der Waals surface area (Å²) in [6.45, 7) is 2.27. The molecule has 0 radical (unpaired) electrons. The molecule has 0 heterocycles. The number of halogens is 3. The summed E-state index contributed by atoms with van der Waals surface area (Å²) in [5.74, 6) is -1.44. The average Bonchev–Trinajstić information content (AvgIpc) is 2.87. The zero-order valence-electron chi connectivity index (χ0n) is 22.0. The molecule has 0 aliphatic heterocycles. The summed E-state index contributed by atoms with van der Waals surface area (Å²) in [7, 11) is 0. The predicted octanol–water partition coefficient (Wildman–Crippen LogP) is 10.2. The molecular formula is C30H45F3O2S. The molecule has 0 spiro atoms. The molecule has 0 atom stereocenters. The van der Waals surface area contributed by atoms with Gasteiger partial charge in [-0.2, -0.15) is 8.78 Å². The Kier molecular flexibility index (Phi) is 13.0. The topological polar surface area (TPSA) is 26.3 Å². The van der Waals surface area contributed by atoms with Gasteiger partial charge in [-0.3, -0.25) is 4.79 Å². The van der Waals surface area contributed by atoms with Crippen LogP contribution in [-0.2, 0) is 4.79 Å². The van der Waals surface area contributed by atoms with Crippen molar-refractivity contribution in [3.8, 4) is 5.75 Å². The molecule has 0 amide bonds. The highest BCUT2D eigenvalue weighted by atomic mass is 32.2. The van der Waals surface area contributed by atoms with Crippen LogP contribution in [0.3, 0.4) is 0 Å². The summed E-state index contributed by atoms with van der Waals surface area (Å²) in [4.78, 5) is 12.5. The van der Waals surface area contributed by atoms with E-state index in [1.807, 2.05) is 0 Å². The van der Waals surface area contributed by atoms with Crippen molar-refractivity contribution >= 4 is 17.7 Å². The number of benzene rings is 1. The van der Waals surface area contributed by atoms with E-state index in [0.29, 0.717) is 5.92 Å². The maximum Gasteiger partial charge on any atom is 0.314 e. The smallest absolute Gasteiger partial charge is 0.314 e. The standard InChI is InChI=1S/C30H45F3O2S/c1-2-3-4-5-6-7-8-9-10-22-11-13-23(14-12-22)24-15-17-25(18-16-24)29(34)35-26-19-20-28(27(31)21-26)36-30(32)33/h19-25,30H,2-18H2,1H3/t22-,23-,24-,25-. The first-order chi connectivity index (χ1) is 17.5. The first-order valence-electron chi connectivity index (χ1n) is 14.4. The molecule has 204 valence electrons. The van der Waals surface area contributed by atoms with Gasteiger partial charge < -0.3 is 4.74 Å². The molecule has 0 saturated heterocycles. The highest BCUT2D eigenvalue weighted by Gasteiger charge is 2.33. The lowest BCUT2D eigenvalue weighted by molar-refractivity contribution is -0.140. The van der Waals surface area contributed by atoms with E-state index in [1.54, 1.807) is 0 Å². The van der Waals surface area contributed by atoms with Crippen LogP contribution in [0.25, 0.3) is 0 Å². The summed E-state index contributed by atoms with van der Waals surface area (Å²) in [6.07, 6.45) is 21.7. The van der Waals surface area contributed by atoms with Crippen molar-refractivity contribution in [3.63, 3.8) is 0 Å². The van der Waals surface area contributed by atoms with Gasteiger partial charge in [0.25, 0.3) is 5.76 Å². The molecule has 36 heavy (non-hydrogen) atoms. The Morgan fingerprint density at radius 1 is 0.889 bits per heavy atom. The first kappa shape index (κ1) is 29.4. The van der Waals surface area contributed by atoms with E-state index in [9.17, 15) is 18.0 Å². The molecule has 2 aliphatic carbocycles. The zero-order chi connectivity index (χ0) is 25.8. The van der Waals surface area contributed by atoms with Gasteiger partial charge in [0.05, 0.1) is 5.92 Å². The Hall–Kier alpha value is -1.17. The molecule has 2 nitrogen and oxygen atoms in total. The van der Waals surface area contributed by atoms with Crippen LogP contribution in [0.1, 0.15) is 116 Å². The van der Waals surface area contributed by atoms with Crippen LogP contribution in [0.4, 0.5) is 13.2 Å². The highest BCUT2D eigenvalue weighted by Crippen LogP contribution is 2.42. The third kappa shape index (κ3) is 9.95. The summed E-state index contributed by atoms with van der Waals surface area (Å²) < 4.78 is 44.3. The van der Waals surface area contributed by atoms with Gasteiger partial charge in [-0.1, -0.05) is 89.3 Å². The second-order valence-electron chi connectivity index (χ2n) is 11.0. The number of unbranched alkanes of at least 4 members (excludes halogenated alkanes) is 7. The second-order valence-corrected chi connectivity index (χ2v) is 12.1.